The maximum atomic E-state index is 12.6. The molecule has 0 aliphatic rings. The molecule has 6 heteroatoms. The molecular formula is C10H12F2N2O2. The minimum atomic E-state index is -2.71. The fourth-order valence-corrected chi connectivity index (χ4v) is 1.21. The number of halogens is 2. The Morgan fingerprint density at radius 2 is 2.31 bits per heavy atom. The fourth-order valence-electron chi connectivity index (χ4n) is 1.21. The van der Waals surface area contributed by atoms with Gasteiger partial charge in [0, 0.05) is 5.56 Å². The molecule has 0 aromatic carbocycles. The molecule has 0 bridgehead atoms. The van der Waals surface area contributed by atoms with Gasteiger partial charge in [-0.1, -0.05) is 0 Å². The van der Waals surface area contributed by atoms with E-state index in [-0.39, 0.29) is 30.0 Å². The van der Waals surface area contributed by atoms with Gasteiger partial charge in [-0.25, -0.2) is 8.78 Å². The summed E-state index contributed by atoms with van der Waals surface area (Å²) in [5.41, 5.74) is 5.16. The maximum Gasteiger partial charge on any atom is 0.311 e. The minimum Gasteiger partial charge on any atom is -0.466 e. The van der Waals surface area contributed by atoms with Crippen LogP contribution in [0.5, 0.6) is 0 Å². The molecular weight excluding hydrogens is 218 g/mol. The fraction of sp³-hybridized carbons (Fsp3) is 0.400. The third-order valence-electron chi connectivity index (χ3n) is 1.88. The van der Waals surface area contributed by atoms with Gasteiger partial charge >= 0.3 is 5.97 Å². The number of carbonyl (C=O) groups is 1. The van der Waals surface area contributed by atoms with E-state index < -0.39 is 12.4 Å². The van der Waals surface area contributed by atoms with Crippen LogP contribution in [0.1, 0.15) is 24.6 Å². The molecule has 0 fully saturated rings. The second-order valence-corrected chi connectivity index (χ2v) is 3.09. The lowest BCUT2D eigenvalue weighted by molar-refractivity contribution is -0.142. The largest absolute Gasteiger partial charge is 0.466 e. The standard InChI is InChI=1S/C10H12F2N2O2/c1-2-16-9(15)4-8-7(10(11)12)3-6(13)5-14-8/h3,5,10H,2,4,13H2,1H3. The summed E-state index contributed by atoms with van der Waals surface area (Å²) in [7, 11) is 0. The Labute approximate surface area is 91.4 Å². The van der Waals surface area contributed by atoms with Crippen LogP contribution in [-0.2, 0) is 16.0 Å². The highest BCUT2D eigenvalue weighted by molar-refractivity contribution is 5.72. The lowest BCUT2D eigenvalue weighted by atomic mass is 10.1. The van der Waals surface area contributed by atoms with Crippen LogP contribution in [0.25, 0.3) is 0 Å². The summed E-state index contributed by atoms with van der Waals surface area (Å²) in [5.74, 6) is -0.582. The van der Waals surface area contributed by atoms with E-state index >= 15 is 0 Å². The van der Waals surface area contributed by atoms with Crippen molar-refractivity contribution in [2.24, 2.45) is 0 Å². The van der Waals surface area contributed by atoms with E-state index in [1.165, 1.54) is 6.20 Å². The number of hydrogen-bond acceptors (Lipinski definition) is 4. The number of pyridine rings is 1. The third kappa shape index (κ3) is 3.15. The Hall–Kier alpha value is -1.72. The molecule has 1 aromatic rings. The molecule has 1 rings (SSSR count). The number of anilines is 1. The molecule has 0 amide bonds. The van der Waals surface area contributed by atoms with Gasteiger partial charge in [0.25, 0.3) is 6.43 Å². The normalized spacial score (nSPS) is 10.5. The van der Waals surface area contributed by atoms with E-state index in [9.17, 15) is 13.6 Å². The van der Waals surface area contributed by atoms with E-state index in [1.54, 1.807) is 6.92 Å². The topological polar surface area (TPSA) is 65.2 Å². The first-order chi connectivity index (χ1) is 7.54. The number of nitrogens with zero attached hydrogens (tertiary/aromatic N) is 1. The van der Waals surface area contributed by atoms with Crippen molar-refractivity contribution in [3.05, 3.63) is 23.5 Å². The number of hydrogen-bond donors (Lipinski definition) is 1. The molecule has 0 spiro atoms. The van der Waals surface area contributed by atoms with Gasteiger partial charge in [0.2, 0.25) is 0 Å². The van der Waals surface area contributed by atoms with E-state index in [0.717, 1.165) is 6.07 Å². The van der Waals surface area contributed by atoms with Gasteiger partial charge in [0.05, 0.1) is 30.6 Å². The van der Waals surface area contributed by atoms with E-state index in [1.807, 2.05) is 0 Å². The highest BCUT2D eigenvalue weighted by Crippen LogP contribution is 2.23. The molecule has 0 saturated carbocycles. The second kappa shape index (κ2) is 5.39. The summed E-state index contributed by atoms with van der Waals surface area (Å²) >= 11 is 0. The first-order valence-electron chi connectivity index (χ1n) is 4.72. The van der Waals surface area contributed by atoms with Gasteiger partial charge in [-0.15, -0.1) is 0 Å². The SMILES string of the molecule is CCOC(=O)Cc1ncc(N)cc1C(F)F. The van der Waals surface area contributed by atoms with Crippen molar-refractivity contribution in [2.45, 2.75) is 19.8 Å². The molecule has 0 aliphatic carbocycles. The van der Waals surface area contributed by atoms with Crippen molar-refractivity contribution in [2.75, 3.05) is 12.3 Å². The number of carbonyl (C=O) groups excluding carboxylic acids is 1. The molecule has 0 atom stereocenters. The summed E-state index contributed by atoms with van der Waals surface area (Å²) in [6.45, 7) is 1.85. The quantitative estimate of drug-likeness (QED) is 0.799. The average molecular weight is 230 g/mol. The van der Waals surface area contributed by atoms with Crippen LogP contribution in [0.3, 0.4) is 0 Å². The first kappa shape index (κ1) is 12.4. The van der Waals surface area contributed by atoms with Crippen LogP contribution in [0.2, 0.25) is 0 Å². The zero-order valence-electron chi connectivity index (χ0n) is 8.74. The van der Waals surface area contributed by atoms with Crippen LogP contribution in [0, 0.1) is 0 Å². The number of esters is 1. The molecule has 0 saturated heterocycles. The van der Waals surface area contributed by atoms with Gasteiger partial charge in [-0.05, 0) is 13.0 Å². The smallest absolute Gasteiger partial charge is 0.311 e. The summed E-state index contributed by atoms with van der Waals surface area (Å²) in [4.78, 5) is 14.8. The van der Waals surface area contributed by atoms with Crippen molar-refractivity contribution >= 4 is 11.7 Å². The Bertz CT molecular complexity index is 383. The Kier molecular flexibility index (Phi) is 4.16. The zero-order valence-corrected chi connectivity index (χ0v) is 8.74. The van der Waals surface area contributed by atoms with Crippen LogP contribution < -0.4 is 5.73 Å². The molecule has 1 heterocycles. The van der Waals surface area contributed by atoms with Crippen molar-refractivity contribution < 1.29 is 18.3 Å². The predicted octanol–water partition coefficient (Wildman–Crippen LogP) is 1.71. The molecule has 1 aromatic heterocycles. The lowest BCUT2D eigenvalue weighted by Crippen LogP contribution is -2.11. The summed E-state index contributed by atoms with van der Waals surface area (Å²) in [6.07, 6.45) is -1.74. The second-order valence-electron chi connectivity index (χ2n) is 3.09. The van der Waals surface area contributed by atoms with Crippen LogP contribution in [0.4, 0.5) is 14.5 Å². The summed E-state index contributed by atoms with van der Waals surface area (Å²) in [5, 5.41) is 0. The molecule has 0 aliphatic heterocycles. The predicted molar refractivity (Wildman–Crippen MR) is 53.9 cm³/mol. The van der Waals surface area contributed by atoms with E-state index in [2.05, 4.69) is 9.72 Å². The van der Waals surface area contributed by atoms with Crippen LogP contribution in [0.15, 0.2) is 12.3 Å². The number of nitrogens with two attached hydrogens (primary N) is 1. The molecule has 16 heavy (non-hydrogen) atoms. The van der Waals surface area contributed by atoms with Gasteiger partial charge in [0.1, 0.15) is 0 Å². The van der Waals surface area contributed by atoms with E-state index in [4.69, 9.17) is 5.73 Å². The molecule has 0 radical (unpaired) electrons. The monoisotopic (exact) mass is 230 g/mol. The highest BCUT2D eigenvalue weighted by atomic mass is 19.3. The Morgan fingerprint density at radius 1 is 1.62 bits per heavy atom. The lowest BCUT2D eigenvalue weighted by Gasteiger charge is -2.08. The number of aromatic nitrogens is 1. The van der Waals surface area contributed by atoms with Gasteiger partial charge in [0.15, 0.2) is 0 Å². The van der Waals surface area contributed by atoms with Crippen molar-refractivity contribution in [1.29, 1.82) is 0 Å². The molecule has 0 unspecified atom stereocenters. The Morgan fingerprint density at radius 3 is 2.88 bits per heavy atom. The van der Waals surface area contributed by atoms with E-state index in [0.29, 0.717) is 0 Å². The number of rotatable bonds is 4. The number of nitrogen functional groups attached to an aromatic ring is 1. The van der Waals surface area contributed by atoms with Gasteiger partial charge < -0.3 is 10.5 Å². The highest BCUT2D eigenvalue weighted by Gasteiger charge is 2.17. The average Bonchev–Trinajstić information content (AvgIpc) is 2.20. The van der Waals surface area contributed by atoms with Gasteiger partial charge in [-0.2, -0.15) is 0 Å². The zero-order chi connectivity index (χ0) is 12.1. The summed E-state index contributed by atoms with van der Waals surface area (Å²) < 4.78 is 29.8. The molecule has 88 valence electrons. The minimum absolute atomic E-state index is 0.00245. The maximum absolute atomic E-state index is 12.6. The molecule has 2 N–H and O–H groups in total. The van der Waals surface area contributed by atoms with Crippen LogP contribution in [-0.4, -0.2) is 17.6 Å². The van der Waals surface area contributed by atoms with Gasteiger partial charge in [-0.3, -0.25) is 9.78 Å². The summed E-state index contributed by atoms with van der Waals surface area (Å²) in [6, 6.07) is 1.12. The Balaban J connectivity index is 2.90. The first-order valence-corrected chi connectivity index (χ1v) is 4.72. The van der Waals surface area contributed by atoms with Crippen molar-refractivity contribution in [1.82, 2.24) is 4.98 Å². The number of alkyl halides is 2. The molecule has 4 nitrogen and oxygen atoms in total. The van der Waals surface area contributed by atoms with Crippen molar-refractivity contribution in [3.8, 4) is 0 Å². The number of ether oxygens (including phenoxy) is 1. The van der Waals surface area contributed by atoms with Crippen LogP contribution >= 0.6 is 0 Å². The van der Waals surface area contributed by atoms with Crippen molar-refractivity contribution in [3.63, 3.8) is 0 Å². The third-order valence-corrected chi connectivity index (χ3v) is 1.88.